The average Bonchev–Trinajstić information content (AvgIpc) is 2.62. The zero-order chi connectivity index (χ0) is 15.3. The molecular formula is C12H8F5NO2. The number of carbonyl (C=O) groups is 2. The number of carbonyl (C=O) groups excluding carboxylic acids is 2. The molecule has 2 rings (SSSR count). The lowest BCUT2D eigenvalue weighted by atomic mass is 10.0. The van der Waals surface area contributed by atoms with E-state index in [2.05, 4.69) is 0 Å². The Morgan fingerprint density at radius 2 is 1.80 bits per heavy atom. The molecule has 3 nitrogen and oxygen atoms in total. The van der Waals surface area contributed by atoms with Gasteiger partial charge in [-0.05, 0) is 23.8 Å². The molecule has 0 saturated heterocycles. The number of hydrogen-bond acceptors (Lipinski definition) is 2. The molecule has 0 radical (unpaired) electrons. The van der Waals surface area contributed by atoms with E-state index in [0.29, 0.717) is 5.69 Å². The van der Waals surface area contributed by atoms with E-state index in [4.69, 9.17) is 0 Å². The van der Waals surface area contributed by atoms with Crippen LogP contribution in [0, 0.1) is 0 Å². The molecular weight excluding hydrogens is 285 g/mol. The fraction of sp³-hybridized carbons (Fsp3) is 0.333. The summed E-state index contributed by atoms with van der Waals surface area (Å²) in [6.07, 6.45) is -6.08. The minimum Gasteiger partial charge on any atom is -0.315 e. The Bertz CT molecular complexity index is 594. The number of amides is 1. The highest BCUT2D eigenvalue weighted by molar-refractivity contribution is 6.05. The first kappa shape index (κ1) is 14.4. The first-order valence-corrected chi connectivity index (χ1v) is 5.44. The number of anilines is 1. The van der Waals surface area contributed by atoms with E-state index in [9.17, 15) is 31.5 Å². The molecule has 0 spiro atoms. The van der Waals surface area contributed by atoms with Gasteiger partial charge in [0.05, 0.1) is 6.42 Å². The van der Waals surface area contributed by atoms with Crippen LogP contribution in [0.2, 0.25) is 0 Å². The van der Waals surface area contributed by atoms with E-state index in [0.717, 1.165) is 12.1 Å². The summed E-state index contributed by atoms with van der Waals surface area (Å²) in [4.78, 5) is 23.9. The van der Waals surface area contributed by atoms with Gasteiger partial charge in [-0.1, -0.05) is 0 Å². The second kappa shape index (κ2) is 4.26. The summed E-state index contributed by atoms with van der Waals surface area (Å²) in [5.41, 5.74) is -0.127. The quantitative estimate of drug-likeness (QED) is 0.621. The molecule has 1 aliphatic rings. The lowest BCUT2D eigenvalue weighted by molar-refractivity contribution is -0.255. The van der Waals surface area contributed by atoms with Crippen molar-refractivity contribution in [1.82, 2.24) is 0 Å². The number of ketones is 1. The van der Waals surface area contributed by atoms with Gasteiger partial charge in [0.2, 0.25) is 11.7 Å². The number of Topliss-reactive ketones (excluding diaryl/α,β-unsaturated/α-hetero) is 1. The number of rotatable bonds is 2. The molecule has 0 atom stereocenters. The number of alkyl halides is 5. The fourth-order valence-electron chi connectivity index (χ4n) is 1.92. The van der Waals surface area contributed by atoms with Crippen LogP contribution in [0.25, 0.3) is 0 Å². The number of fused-ring (bicyclic) bond motifs is 1. The van der Waals surface area contributed by atoms with Crippen LogP contribution in [0.3, 0.4) is 0 Å². The third-order valence-electron chi connectivity index (χ3n) is 3.06. The highest BCUT2D eigenvalue weighted by Gasteiger charge is 2.63. The van der Waals surface area contributed by atoms with E-state index in [1.165, 1.54) is 18.0 Å². The number of halogens is 5. The van der Waals surface area contributed by atoms with Crippen LogP contribution in [0.5, 0.6) is 0 Å². The smallest absolute Gasteiger partial charge is 0.315 e. The van der Waals surface area contributed by atoms with Gasteiger partial charge in [0.15, 0.2) is 0 Å². The van der Waals surface area contributed by atoms with E-state index >= 15 is 0 Å². The van der Waals surface area contributed by atoms with E-state index in [1.807, 2.05) is 0 Å². The Hall–Kier alpha value is -1.99. The number of likely N-dealkylation sites (N-methyl/N-ethyl adjacent to an activating group) is 1. The van der Waals surface area contributed by atoms with Gasteiger partial charge in [-0.3, -0.25) is 9.59 Å². The molecule has 1 heterocycles. The molecule has 0 saturated carbocycles. The van der Waals surface area contributed by atoms with Crippen LogP contribution < -0.4 is 4.90 Å². The highest BCUT2D eigenvalue weighted by Crippen LogP contribution is 2.39. The molecule has 0 aromatic heterocycles. The summed E-state index contributed by atoms with van der Waals surface area (Å²) >= 11 is 0. The van der Waals surface area contributed by atoms with Crippen molar-refractivity contribution >= 4 is 17.4 Å². The van der Waals surface area contributed by atoms with Crippen LogP contribution in [-0.4, -0.2) is 30.8 Å². The van der Waals surface area contributed by atoms with Crippen molar-refractivity contribution in [3.8, 4) is 0 Å². The molecule has 20 heavy (non-hydrogen) atoms. The maximum Gasteiger partial charge on any atom is 0.461 e. The largest absolute Gasteiger partial charge is 0.461 e. The van der Waals surface area contributed by atoms with E-state index in [-0.39, 0.29) is 17.9 Å². The third kappa shape index (κ3) is 2.04. The SMILES string of the molecule is CN1C(=O)Cc2cc(C(=O)C(F)(F)C(F)(F)F)ccc21. The Kier molecular flexibility index (Phi) is 3.07. The maximum absolute atomic E-state index is 13.0. The molecule has 1 aromatic rings. The Labute approximate surface area is 110 Å². The summed E-state index contributed by atoms with van der Waals surface area (Å²) in [6.45, 7) is 0. The molecule has 0 bridgehead atoms. The standard InChI is InChI=1S/C12H8F5NO2/c1-18-8-3-2-6(4-7(8)5-9(18)19)10(20)11(13,14)12(15,16)17/h2-4H,5H2,1H3. The number of hydrogen-bond donors (Lipinski definition) is 0. The van der Waals surface area contributed by atoms with E-state index < -0.39 is 23.4 Å². The molecule has 0 fully saturated rings. The molecule has 0 N–H and O–H groups in total. The summed E-state index contributed by atoms with van der Waals surface area (Å²) in [7, 11) is 1.44. The average molecular weight is 293 g/mol. The minimum absolute atomic E-state index is 0.134. The normalized spacial score (nSPS) is 15.5. The van der Waals surface area contributed by atoms with Gasteiger partial charge in [-0.25, -0.2) is 0 Å². The second-order valence-corrected chi connectivity index (χ2v) is 4.37. The van der Waals surface area contributed by atoms with Gasteiger partial charge in [0.1, 0.15) is 0 Å². The number of nitrogens with zero attached hydrogens (tertiary/aromatic N) is 1. The molecule has 1 amide bonds. The van der Waals surface area contributed by atoms with Gasteiger partial charge in [0, 0.05) is 18.3 Å². The van der Waals surface area contributed by atoms with Crippen LogP contribution in [-0.2, 0) is 11.2 Å². The van der Waals surface area contributed by atoms with Crippen molar-refractivity contribution in [2.24, 2.45) is 0 Å². The van der Waals surface area contributed by atoms with Gasteiger partial charge in [-0.2, -0.15) is 22.0 Å². The van der Waals surface area contributed by atoms with Gasteiger partial charge in [0.25, 0.3) is 0 Å². The van der Waals surface area contributed by atoms with Crippen LogP contribution in [0.15, 0.2) is 18.2 Å². The predicted molar refractivity (Wildman–Crippen MR) is 58.9 cm³/mol. The first-order valence-electron chi connectivity index (χ1n) is 5.44. The Morgan fingerprint density at radius 1 is 1.20 bits per heavy atom. The molecule has 1 aromatic carbocycles. The van der Waals surface area contributed by atoms with Crippen LogP contribution in [0.4, 0.5) is 27.6 Å². The zero-order valence-corrected chi connectivity index (χ0v) is 10.1. The Balaban J connectivity index is 2.40. The van der Waals surface area contributed by atoms with Crippen molar-refractivity contribution in [3.05, 3.63) is 29.3 Å². The van der Waals surface area contributed by atoms with Crippen LogP contribution >= 0.6 is 0 Å². The molecule has 0 unspecified atom stereocenters. The van der Waals surface area contributed by atoms with Crippen molar-refractivity contribution < 1.29 is 31.5 Å². The second-order valence-electron chi connectivity index (χ2n) is 4.37. The van der Waals surface area contributed by atoms with Crippen molar-refractivity contribution in [1.29, 1.82) is 0 Å². The minimum atomic E-state index is -5.95. The van der Waals surface area contributed by atoms with E-state index in [1.54, 1.807) is 0 Å². The molecule has 108 valence electrons. The predicted octanol–water partition coefficient (Wildman–Crippen LogP) is 2.59. The third-order valence-corrected chi connectivity index (χ3v) is 3.06. The van der Waals surface area contributed by atoms with Crippen molar-refractivity contribution in [2.75, 3.05) is 11.9 Å². The lowest BCUT2D eigenvalue weighted by Gasteiger charge is -2.18. The summed E-state index contributed by atoms with van der Waals surface area (Å²) in [5, 5.41) is 0. The monoisotopic (exact) mass is 293 g/mol. The van der Waals surface area contributed by atoms with Crippen LogP contribution in [0.1, 0.15) is 15.9 Å². The highest BCUT2D eigenvalue weighted by atomic mass is 19.4. The van der Waals surface area contributed by atoms with Crippen molar-refractivity contribution in [3.63, 3.8) is 0 Å². The van der Waals surface area contributed by atoms with Gasteiger partial charge in [-0.15, -0.1) is 0 Å². The summed E-state index contributed by atoms with van der Waals surface area (Å²) in [6, 6.07) is 2.94. The van der Waals surface area contributed by atoms with Gasteiger partial charge >= 0.3 is 12.1 Å². The summed E-state index contributed by atoms with van der Waals surface area (Å²) < 4.78 is 62.3. The van der Waals surface area contributed by atoms with Gasteiger partial charge < -0.3 is 4.90 Å². The number of benzene rings is 1. The maximum atomic E-state index is 13.0. The molecule has 8 heteroatoms. The zero-order valence-electron chi connectivity index (χ0n) is 10.1. The van der Waals surface area contributed by atoms with Crippen molar-refractivity contribution in [2.45, 2.75) is 18.5 Å². The molecule has 0 aliphatic carbocycles. The molecule has 1 aliphatic heterocycles. The fourth-order valence-corrected chi connectivity index (χ4v) is 1.92. The Morgan fingerprint density at radius 3 is 2.35 bits per heavy atom. The topological polar surface area (TPSA) is 37.4 Å². The summed E-state index contributed by atoms with van der Waals surface area (Å²) in [5.74, 6) is -8.10. The lowest BCUT2D eigenvalue weighted by Crippen LogP contribution is -2.44. The first-order chi connectivity index (χ1) is 9.05.